The summed E-state index contributed by atoms with van der Waals surface area (Å²) in [6, 6.07) is 0. The Hall–Kier alpha value is -1.73. The molecule has 0 spiro atoms. The topological polar surface area (TPSA) is 64.6 Å². The number of alkyl halides is 3. The van der Waals surface area contributed by atoms with Crippen LogP contribution in [-0.2, 0) is 14.3 Å². The number of rotatable bonds is 2. The van der Waals surface area contributed by atoms with Crippen LogP contribution in [0.5, 0.6) is 0 Å². The van der Waals surface area contributed by atoms with Crippen LogP contribution in [-0.4, -0.2) is 30.4 Å². The van der Waals surface area contributed by atoms with E-state index < -0.39 is 36.0 Å². The third-order valence-electron chi connectivity index (χ3n) is 2.12. The Morgan fingerprint density at radius 3 is 2.65 bits per heavy atom. The Bertz CT molecular complexity index is 348. The van der Waals surface area contributed by atoms with E-state index in [0.29, 0.717) is 0 Å². The first-order valence-electron chi connectivity index (χ1n) is 4.64. The number of halogens is 3. The van der Waals surface area contributed by atoms with Gasteiger partial charge >= 0.3 is 18.2 Å². The summed E-state index contributed by atoms with van der Waals surface area (Å²) in [6.45, 7) is 4.25. The molecule has 17 heavy (non-hydrogen) atoms. The molecule has 5 nitrogen and oxygen atoms in total. The molecule has 0 bridgehead atoms. The lowest BCUT2D eigenvalue weighted by Gasteiger charge is -2.36. The van der Waals surface area contributed by atoms with Gasteiger partial charge in [0, 0.05) is 6.42 Å². The van der Waals surface area contributed by atoms with Crippen molar-refractivity contribution in [2.45, 2.75) is 25.1 Å². The molecule has 1 aliphatic rings. The Morgan fingerprint density at radius 2 is 2.24 bits per heavy atom. The van der Waals surface area contributed by atoms with Crippen molar-refractivity contribution in [1.82, 2.24) is 5.32 Å². The summed E-state index contributed by atoms with van der Waals surface area (Å²) in [6.07, 6.45) is -7.28. The molecule has 0 aromatic rings. The van der Waals surface area contributed by atoms with Gasteiger partial charge in [0.15, 0.2) is 0 Å². The number of cyclic esters (lactones) is 1. The number of ether oxygens (including phenoxy) is 2. The van der Waals surface area contributed by atoms with Crippen molar-refractivity contribution in [2.75, 3.05) is 6.61 Å². The maximum Gasteiger partial charge on any atom is 0.423 e. The lowest BCUT2D eigenvalue weighted by molar-refractivity contribution is -0.215. The summed E-state index contributed by atoms with van der Waals surface area (Å²) in [5, 5.41) is 1.46. The van der Waals surface area contributed by atoms with Crippen molar-refractivity contribution in [3.8, 4) is 0 Å². The molecule has 1 saturated heterocycles. The molecule has 0 aliphatic carbocycles. The van der Waals surface area contributed by atoms with Gasteiger partial charge in [0.2, 0.25) is 5.54 Å². The number of hydrogen-bond acceptors (Lipinski definition) is 4. The molecule has 1 rings (SSSR count). The van der Waals surface area contributed by atoms with Crippen molar-refractivity contribution < 1.29 is 32.2 Å². The summed E-state index contributed by atoms with van der Waals surface area (Å²) in [4.78, 5) is 22.3. The van der Waals surface area contributed by atoms with Gasteiger partial charge in [-0.05, 0) is 6.92 Å². The van der Waals surface area contributed by atoms with Gasteiger partial charge < -0.3 is 9.47 Å². The highest BCUT2D eigenvalue weighted by atomic mass is 19.4. The highest BCUT2D eigenvalue weighted by Crippen LogP contribution is 2.38. The molecule has 8 heteroatoms. The van der Waals surface area contributed by atoms with Crippen LogP contribution in [0, 0.1) is 0 Å². The molecule has 1 heterocycles. The molecular formula is C9H10F3NO4. The maximum absolute atomic E-state index is 12.9. The third-order valence-corrected chi connectivity index (χ3v) is 2.12. The van der Waals surface area contributed by atoms with Gasteiger partial charge in [0.1, 0.15) is 5.76 Å². The van der Waals surface area contributed by atoms with Crippen molar-refractivity contribution in [1.29, 1.82) is 0 Å². The SMILES string of the molecule is C=C1C[C@](C(=O)OCC)(C(F)(F)F)NC(=O)O1. The van der Waals surface area contributed by atoms with E-state index in [1.54, 1.807) is 0 Å². The second-order valence-corrected chi connectivity index (χ2v) is 3.35. The van der Waals surface area contributed by atoms with Crippen LogP contribution in [0.3, 0.4) is 0 Å². The molecular weight excluding hydrogens is 243 g/mol. The molecule has 0 aromatic carbocycles. The minimum Gasteiger partial charge on any atom is -0.464 e. The van der Waals surface area contributed by atoms with Crippen LogP contribution in [0.2, 0.25) is 0 Å². The number of carbonyl (C=O) groups is 2. The van der Waals surface area contributed by atoms with Crippen LogP contribution in [0.25, 0.3) is 0 Å². The molecule has 1 fully saturated rings. The fourth-order valence-electron chi connectivity index (χ4n) is 1.37. The maximum atomic E-state index is 12.9. The Kier molecular flexibility index (Phi) is 3.35. The van der Waals surface area contributed by atoms with E-state index in [2.05, 4.69) is 16.1 Å². The van der Waals surface area contributed by atoms with E-state index in [4.69, 9.17) is 0 Å². The molecule has 0 saturated carbocycles. The summed E-state index contributed by atoms with van der Waals surface area (Å²) in [5.74, 6) is -2.02. The van der Waals surface area contributed by atoms with Gasteiger partial charge in [-0.15, -0.1) is 0 Å². The lowest BCUT2D eigenvalue weighted by atomic mass is 9.92. The number of alkyl carbamates (subject to hydrolysis) is 1. The average molecular weight is 253 g/mol. The molecule has 96 valence electrons. The standard InChI is InChI=1S/C9H10F3NO4/c1-3-16-6(14)8(9(10,11)12)4-5(2)17-7(15)13-8/h2-4H2,1H3,(H,13,15)/t8-/m0/s1. The predicted molar refractivity (Wildman–Crippen MR) is 48.8 cm³/mol. The molecule has 1 N–H and O–H groups in total. The van der Waals surface area contributed by atoms with Crippen LogP contribution in [0.4, 0.5) is 18.0 Å². The number of carbonyl (C=O) groups excluding carboxylic acids is 2. The highest BCUT2D eigenvalue weighted by molar-refractivity contribution is 5.88. The van der Waals surface area contributed by atoms with E-state index in [-0.39, 0.29) is 6.61 Å². The van der Waals surface area contributed by atoms with Crippen molar-refractivity contribution >= 4 is 12.1 Å². The normalized spacial score (nSPS) is 24.9. The molecule has 1 amide bonds. The van der Waals surface area contributed by atoms with Gasteiger partial charge in [0.05, 0.1) is 6.61 Å². The van der Waals surface area contributed by atoms with Gasteiger partial charge in [0.25, 0.3) is 0 Å². The summed E-state index contributed by atoms with van der Waals surface area (Å²) < 4.78 is 47.4. The summed E-state index contributed by atoms with van der Waals surface area (Å²) >= 11 is 0. The Morgan fingerprint density at radius 1 is 1.65 bits per heavy atom. The van der Waals surface area contributed by atoms with E-state index in [0.717, 1.165) is 0 Å². The fourth-order valence-corrected chi connectivity index (χ4v) is 1.37. The van der Waals surface area contributed by atoms with Crippen molar-refractivity contribution in [2.24, 2.45) is 0 Å². The second kappa shape index (κ2) is 4.27. The van der Waals surface area contributed by atoms with Gasteiger partial charge in [-0.1, -0.05) is 6.58 Å². The monoisotopic (exact) mass is 253 g/mol. The minimum atomic E-state index is -5.00. The lowest BCUT2D eigenvalue weighted by Crippen LogP contribution is -2.66. The van der Waals surface area contributed by atoms with E-state index in [1.807, 2.05) is 0 Å². The number of amides is 1. The number of hydrogen-bond donors (Lipinski definition) is 1. The van der Waals surface area contributed by atoms with E-state index in [9.17, 15) is 22.8 Å². The molecule has 1 atom stereocenters. The fraction of sp³-hybridized carbons (Fsp3) is 0.556. The predicted octanol–water partition coefficient (Wildman–Crippen LogP) is 1.49. The van der Waals surface area contributed by atoms with E-state index in [1.165, 1.54) is 12.2 Å². The van der Waals surface area contributed by atoms with Gasteiger partial charge in [-0.3, -0.25) is 5.32 Å². The summed E-state index contributed by atoms with van der Waals surface area (Å²) in [7, 11) is 0. The molecule has 1 aliphatic heterocycles. The van der Waals surface area contributed by atoms with Crippen molar-refractivity contribution in [3.05, 3.63) is 12.3 Å². The zero-order valence-electron chi connectivity index (χ0n) is 8.89. The zero-order chi connectivity index (χ0) is 13.3. The first-order chi connectivity index (χ1) is 7.73. The largest absolute Gasteiger partial charge is 0.464 e. The highest BCUT2D eigenvalue weighted by Gasteiger charge is 2.65. The first kappa shape index (κ1) is 13.3. The quantitative estimate of drug-likeness (QED) is 0.757. The molecule has 0 unspecified atom stereocenters. The summed E-state index contributed by atoms with van der Waals surface area (Å²) in [5.41, 5.74) is -3.12. The number of nitrogens with one attached hydrogen (secondary N) is 1. The Labute approximate surface area is 94.6 Å². The van der Waals surface area contributed by atoms with Crippen LogP contribution < -0.4 is 5.32 Å². The zero-order valence-corrected chi connectivity index (χ0v) is 8.89. The third kappa shape index (κ3) is 2.34. The van der Waals surface area contributed by atoms with Crippen molar-refractivity contribution in [3.63, 3.8) is 0 Å². The average Bonchev–Trinajstić information content (AvgIpc) is 2.14. The van der Waals surface area contributed by atoms with E-state index >= 15 is 0 Å². The van der Waals surface area contributed by atoms with Crippen LogP contribution in [0.1, 0.15) is 13.3 Å². The van der Waals surface area contributed by atoms with Gasteiger partial charge in [-0.2, -0.15) is 13.2 Å². The molecule has 0 aromatic heterocycles. The second-order valence-electron chi connectivity index (χ2n) is 3.35. The smallest absolute Gasteiger partial charge is 0.423 e. The first-order valence-corrected chi connectivity index (χ1v) is 4.64. The Balaban J connectivity index is 3.14. The van der Waals surface area contributed by atoms with Crippen LogP contribution >= 0.6 is 0 Å². The van der Waals surface area contributed by atoms with Gasteiger partial charge in [-0.25, -0.2) is 9.59 Å². The number of esters is 1. The minimum absolute atomic E-state index is 0.236. The van der Waals surface area contributed by atoms with Crippen LogP contribution in [0.15, 0.2) is 12.3 Å². The molecule has 0 radical (unpaired) electrons.